The molecule has 3 rings (SSSR count). The van der Waals surface area contributed by atoms with Gasteiger partial charge in [-0.15, -0.1) is 12.3 Å². The van der Waals surface area contributed by atoms with Crippen LogP contribution >= 0.6 is 0 Å². The molecular formula is C49H78O6Si2. The molecule has 0 N–H and O–H groups in total. The van der Waals surface area contributed by atoms with Crippen molar-refractivity contribution < 1.29 is 27.8 Å². The molecule has 7 atom stereocenters. The Bertz CT molecular complexity index is 1500. The standard InChI is InChI=1S/C49H78O6Si2/c1-14-20-43-21-18-22-45(53-43)35-39(6)33-40(7)36-46(54-56(12,13)49(8,9)10)23-19-24-47(52-37-41-25-27-42(50-11)28-26-41)48(55-57(15-2,16-3)17-4)30-29-44-34-38(5)31-32-51-44/h1,18-19,21,23,25-31,39,43-48H,7,15-17,20,22,24,32-37H2,2-6,8-13H3/b23-19+,30-29+/t39-,43+,44+,45-,46+,47-,48-/m0/s1. The molecule has 1 aromatic rings. The van der Waals surface area contributed by atoms with Crippen molar-refractivity contribution in [3.63, 3.8) is 0 Å². The molecule has 0 fully saturated rings. The van der Waals surface area contributed by atoms with Gasteiger partial charge in [0.1, 0.15) is 5.75 Å². The Morgan fingerprint density at radius 2 is 1.75 bits per heavy atom. The number of benzene rings is 1. The van der Waals surface area contributed by atoms with Gasteiger partial charge in [-0.2, -0.15) is 0 Å². The van der Waals surface area contributed by atoms with Crippen molar-refractivity contribution in [1.82, 2.24) is 0 Å². The maximum Gasteiger partial charge on any atom is 0.193 e. The van der Waals surface area contributed by atoms with Crippen LogP contribution in [0.15, 0.2) is 84.5 Å². The second-order valence-corrected chi connectivity index (χ2v) is 27.5. The van der Waals surface area contributed by atoms with Gasteiger partial charge in [-0.3, -0.25) is 0 Å². The third-order valence-corrected chi connectivity index (χ3v) is 21.4. The van der Waals surface area contributed by atoms with E-state index in [4.69, 9.17) is 34.2 Å². The number of terminal acetylenes is 1. The van der Waals surface area contributed by atoms with Gasteiger partial charge in [0, 0.05) is 6.42 Å². The van der Waals surface area contributed by atoms with Crippen LogP contribution in [0.5, 0.6) is 5.75 Å². The lowest BCUT2D eigenvalue weighted by molar-refractivity contribution is -0.0197. The van der Waals surface area contributed by atoms with Crippen molar-refractivity contribution >= 4 is 16.6 Å². The van der Waals surface area contributed by atoms with E-state index in [1.807, 2.05) is 12.1 Å². The van der Waals surface area contributed by atoms with Crippen molar-refractivity contribution in [1.29, 1.82) is 0 Å². The van der Waals surface area contributed by atoms with Gasteiger partial charge in [0.15, 0.2) is 16.6 Å². The van der Waals surface area contributed by atoms with Crippen LogP contribution in [0.4, 0.5) is 0 Å². The van der Waals surface area contributed by atoms with Crippen LogP contribution < -0.4 is 4.74 Å². The molecule has 57 heavy (non-hydrogen) atoms. The summed E-state index contributed by atoms with van der Waals surface area (Å²) in [4.78, 5) is 0. The Balaban J connectivity index is 1.89. The van der Waals surface area contributed by atoms with E-state index in [1.165, 1.54) is 11.1 Å². The van der Waals surface area contributed by atoms with Crippen LogP contribution in [0, 0.1) is 18.3 Å². The first-order chi connectivity index (χ1) is 27.0. The molecule has 2 aliphatic heterocycles. The first-order valence-corrected chi connectivity index (χ1v) is 27.1. The average Bonchev–Trinajstić information content (AvgIpc) is 3.16. The third kappa shape index (κ3) is 16.6. The second-order valence-electron chi connectivity index (χ2n) is 18.0. The maximum atomic E-state index is 7.30. The highest BCUT2D eigenvalue weighted by atomic mass is 28.4. The minimum atomic E-state index is -2.10. The fraction of sp³-hybridized carbons (Fsp3) is 0.633. The summed E-state index contributed by atoms with van der Waals surface area (Å²) in [6.45, 7) is 28.7. The monoisotopic (exact) mass is 819 g/mol. The normalized spacial score (nSPS) is 21.6. The Kier molecular flexibility index (Phi) is 20.5. The molecule has 0 bridgehead atoms. The molecule has 1 aromatic carbocycles. The fourth-order valence-electron chi connectivity index (χ4n) is 7.46. The minimum absolute atomic E-state index is 0.0211. The molecule has 0 saturated carbocycles. The minimum Gasteiger partial charge on any atom is -0.497 e. The fourth-order valence-corrected chi connectivity index (χ4v) is 11.5. The zero-order chi connectivity index (χ0) is 42.1. The van der Waals surface area contributed by atoms with Gasteiger partial charge in [0.05, 0.1) is 56.9 Å². The quantitative estimate of drug-likeness (QED) is 0.0588. The van der Waals surface area contributed by atoms with Crippen LogP contribution in [0.3, 0.4) is 0 Å². The molecule has 0 amide bonds. The highest BCUT2D eigenvalue weighted by Gasteiger charge is 2.39. The maximum absolute atomic E-state index is 7.30. The van der Waals surface area contributed by atoms with E-state index < -0.39 is 16.6 Å². The predicted octanol–water partition coefficient (Wildman–Crippen LogP) is 12.7. The Morgan fingerprint density at radius 3 is 2.37 bits per heavy atom. The van der Waals surface area contributed by atoms with Gasteiger partial charge in [-0.1, -0.05) is 121 Å². The Morgan fingerprint density at radius 1 is 1.05 bits per heavy atom. The van der Waals surface area contributed by atoms with E-state index in [1.54, 1.807) is 7.11 Å². The van der Waals surface area contributed by atoms with Crippen LogP contribution in [-0.2, 0) is 29.7 Å². The summed E-state index contributed by atoms with van der Waals surface area (Å²) in [6, 6.07) is 11.3. The number of rotatable bonds is 24. The van der Waals surface area contributed by atoms with Crippen molar-refractivity contribution in [2.24, 2.45) is 5.92 Å². The van der Waals surface area contributed by atoms with Gasteiger partial charge in [0.25, 0.3) is 0 Å². The van der Waals surface area contributed by atoms with E-state index in [0.717, 1.165) is 61.5 Å². The van der Waals surface area contributed by atoms with Crippen molar-refractivity contribution in [2.75, 3.05) is 13.7 Å². The SMILES string of the molecule is C#CC[C@@H]1C=CC[C@@H](C[C@@H](C)CC(=C)C[C@@H](/C=C/C[C@H](OCc2ccc(OC)cc2)[C@H](/C=C/[C@@H]2CC(C)=CCO2)O[Si](CC)(CC)CC)O[Si](C)(C)C(C)(C)C)O1. The molecule has 0 saturated heterocycles. The highest BCUT2D eigenvalue weighted by Crippen LogP contribution is 2.39. The molecule has 0 aromatic heterocycles. The molecule has 6 nitrogen and oxygen atoms in total. The molecule has 0 aliphatic carbocycles. The van der Waals surface area contributed by atoms with E-state index in [9.17, 15) is 0 Å². The molecular weight excluding hydrogens is 741 g/mol. The van der Waals surface area contributed by atoms with Gasteiger partial charge in [-0.05, 0) is 105 Å². The summed E-state index contributed by atoms with van der Waals surface area (Å²) >= 11 is 0. The number of hydrogen-bond acceptors (Lipinski definition) is 6. The smallest absolute Gasteiger partial charge is 0.193 e. The Hall–Kier alpha value is -2.49. The Labute approximate surface area is 350 Å². The second kappa shape index (κ2) is 23.9. The zero-order valence-electron chi connectivity index (χ0n) is 37.6. The number of hydrogen-bond donors (Lipinski definition) is 0. The molecule has 2 heterocycles. The van der Waals surface area contributed by atoms with Crippen LogP contribution in [0.2, 0.25) is 36.3 Å². The van der Waals surface area contributed by atoms with Crippen LogP contribution in [-0.4, -0.2) is 67.0 Å². The average molecular weight is 819 g/mol. The van der Waals surface area contributed by atoms with Gasteiger partial charge in [0.2, 0.25) is 0 Å². The summed E-state index contributed by atoms with van der Waals surface area (Å²) in [5, 5.41) is 0.0748. The zero-order valence-corrected chi connectivity index (χ0v) is 39.6. The highest BCUT2D eigenvalue weighted by molar-refractivity contribution is 6.74. The number of ether oxygens (including phenoxy) is 4. The van der Waals surface area contributed by atoms with E-state index in [0.29, 0.717) is 32.0 Å². The summed E-state index contributed by atoms with van der Waals surface area (Å²) in [5.41, 5.74) is 3.67. The molecule has 0 spiro atoms. The van der Waals surface area contributed by atoms with E-state index >= 15 is 0 Å². The molecule has 2 aliphatic rings. The molecule has 0 radical (unpaired) electrons. The summed E-state index contributed by atoms with van der Waals surface area (Å²) in [6.07, 6.45) is 26.6. The summed E-state index contributed by atoms with van der Waals surface area (Å²) < 4.78 is 39.2. The largest absolute Gasteiger partial charge is 0.497 e. The van der Waals surface area contributed by atoms with Crippen molar-refractivity contribution in [3.8, 4) is 18.1 Å². The van der Waals surface area contributed by atoms with E-state index in [2.05, 4.69) is 136 Å². The first kappa shape index (κ1) is 48.9. The van der Waals surface area contributed by atoms with Crippen LogP contribution in [0.25, 0.3) is 0 Å². The lowest BCUT2D eigenvalue weighted by atomic mass is 9.91. The first-order valence-electron chi connectivity index (χ1n) is 21.7. The molecule has 318 valence electrons. The van der Waals surface area contributed by atoms with Gasteiger partial charge in [-0.25, -0.2) is 0 Å². The summed E-state index contributed by atoms with van der Waals surface area (Å²) in [7, 11) is -2.42. The van der Waals surface area contributed by atoms with Gasteiger partial charge >= 0.3 is 0 Å². The topological polar surface area (TPSA) is 55.4 Å². The predicted molar refractivity (Wildman–Crippen MR) is 245 cm³/mol. The lowest BCUT2D eigenvalue weighted by Crippen LogP contribution is -2.44. The van der Waals surface area contributed by atoms with Crippen molar-refractivity contribution in [3.05, 3.63) is 90.1 Å². The molecule has 0 unspecified atom stereocenters. The third-order valence-electron chi connectivity index (χ3n) is 12.3. The number of methoxy groups -OCH3 is 1. The van der Waals surface area contributed by atoms with Gasteiger partial charge < -0.3 is 27.8 Å². The lowest BCUT2D eigenvalue weighted by Gasteiger charge is -2.39. The van der Waals surface area contributed by atoms with Crippen molar-refractivity contribution in [2.45, 2.75) is 180 Å². The van der Waals surface area contributed by atoms with Crippen LogP contribution in [0.1, 0.15) is 106 Å². The van der Waals surface area contributed by atoms with E-state index in [-0.39, 0.29) is 41.7 Å². The molecule has 8 heteroatoms. The summed E-state index contributed by atoms with van der Waals surface area (Å²) in [5.74, 6) is 4.02.